The first-order valence-electron chi connectivity index (χ1n) is 22.6. The molecule has 0 saturated heterocycles. The molecule has 12 aromatic rings. The van der Waals surface area contributed by atoms with E-state index in [1.54, 1.807) is 0 Å². The zero-order valence-electron chi connectivity index (χ0n) is 36.2. The van der Waals surface area contributed by atoms with Crippen LogP contribution in [0.4, 0.5) is 17.1 Å². The van der Waals surface area contributed by atoms with E-state index in [2.05, 4.69) is 260 Å². The maximum Gasteiger partial charge on any atom is 0.136 e. The monoisotopic (exact) mass is 841 g/mol. The summed E-state index contributed by atoms with van der Waals surface area (Å²) in [5, 5.41) is 4.55. The van der Waals surface area contributed by atoms with E-state index in [1.165, 1.54) is 27.6 Å². The number of fused-ring (bicyclic) bond motifs is 4. The highest BCUT2D eigenvalue weighted by Gasteiger charge is 2.25. The van der Waals surface area contributed by atoms with Crippen molar-refractivity contribution in [1.82, 2.24) is 0 Å². The Labute approximate surface area is 384 Å². The van der Waals surface area contributed by atoms with E-state index in [4.69, 9.17) is 4.42 Å². The van der Waals surface area contributed by atoms with Gasteiger partial charge in [0.25, 0.3) is 0 Å². The van der Waals surface area contributed by atoms with Crippen LogP contribution >= 0.6 is 0 Å². The zero-order valence-corrected chi connectivity index (χ0v) is 36.2. The number of rotatable bonds is 9. The SMILES string of the molecule is c1ccc(-c2ccc(-c3cccc(N(c4cc(-c5ccccc5)cc(-c5ccccc5)c4)c4ccc(-c5ccccc5)c5ccccc45)c3-c3ccc4c(c3)oc3ccccc34)cc2)cc1. The van der Waals surface area contributed by atoms with E-state index >= 15 is 0 Å². The lowest BCUT2D eigenvalue weighted by atomic mass is 9.90. The van der Waals surface area contributed by atoms with Crippen molar-refractivity contribution in [1.29, 1.82) is 0 Å². The molecule has 0 atom stereocenters. The van der Waals surface area contributed by atoms with Crippen LogP contribution in [0, 0.1) is 0 Å². The average molecular weight is 842 g/mol. The van der Waals surface area contributed by atoms with Crippen molar-refractivity contribution in [3.05, 3.63) is 261 Å². The minimum Gasteiger partial charge on any atom is -0.456 e. The summed E-state index contributed by atoms with van der Waals surface area (Å²) in [4.78, 5) is 2.50. The van der Waals surface area contributed by atoms with E-state index in [0.717, 1.165) is 88.9 Å². The highest BCUT2D eigenvalue weighted by atomic mass is 16.3. The van der Waals surface area contributed by atoms with Gasteiger partial charge >= 0.3 is 0 Å². The number of benzene rings is 11. The van der Waals surface area contributed by atoms with Gasteiger partial charge in [-0.3, -0.25) is 0 Å². The van der Waals surface area contributed by atoms with Gasteiger partial charge in [0.15, 0.2) is 0 Å². The summed E-state index contributed by atoms with van der Waals surface area (Å²) in [5.41, 5.74) is 18.7. The Morgan fingerprint density at radius 1 is 0.242 bits per heavy atom. The molecule has 0 amide bonds. The van der Waals surface area contributed by atoms with Crippen LogP contribution in [0.15, 0.2) is 265 Å². The summed E-state index contributed by atoms with van der Waals surface area (Å²) < 4.78 is 6.62. The average Bonchev–Trinajstić information content (AvgIpc) is 3.78. The number of furan rings is 1. The van der Waals surface area contributed by atoms with Crippen molar-refractivity contribution in [2.45, 2.75) is 0 Å². The third-order valence-electron chi connectivity index (χ3n) is 12.9. The topological polar surface area (TPSA) is 16.4 Å². The maximum absolute atomic E-state index is 6.62. The van der Waals surface area contributed by atoms with E-state index in [0.29, 0.717) is 0 Å². The molecule has 0 bridgehead atoms. The first-order chi connectivity index (χ1) is 32.7. The van der Waals surface area contributed by atoms with Crippen LogP contribution in [-0.4, -0.2) is 0 Å². The molecule has 0 unspecified atom stereocenters. The standard InChI is InChI=1S/C64H43NO/c1-5-18-44(19-6-1)47-32-34-49(35-33-47)55-29-17-30-61(64(55)50-36-37-59-58-28-15-16-31-62(58)66-63(59)43-50)65(60-39-38-54(48-24-11-4-12-25-48)56-26-13-14-27-57(56)60)53-41-51(45-20-7-2-8-21-45)40-52(42-53)46-22-9-3-10-23-46/h1-43H. The molecule has 12 rings (SSSR count). The van der Waals surface area contributed by atoms with Gasteiger partial charge in [0, 0.05) is 27.4 Å². The van der Waals surface area contributed by atoms with Crippen molar-refractivity contribution in [2.24, 2.45) is 0 Å². The summed E-state index contributed by atoms with van der Waals surface area (Å²) >= 11 is 0. The molecule has 0 N–H and O–H groups in total. The molecule has 1 aromatic heterocycles. The second kappa shape index (κ2) is 16.8. The lowest BCUT2D eigenvalue weighted by molar-refractivity contribution is 0.669. The Morgan fingerprint density at radius 2 is 0.727 bits per heavy atom. The van der Waals surface area contributed by atoms with E-state index in [1.807, 2.05) is 6.07 Å². The van der Waals surface area contributed by atoms with E-state index < -0.39 is 0 Å². The van der Waals surface area contributed by atoms with Gasteiger partial charge < -0.3 is 9.32 Å². The first kappa shape index (κ1) is 38.9. The summed E-state index contributed by atoms with van der Waals surface area (Å²) in [6.45, 7) is 0. The summed E-state index contributed by atoms with van der Waals surface area (Å²) in [6, 6.07) is 94.1. The predicted octanol–water partition coefficient (Wildman–Crippen LogP) is 18.2. The van der Waals surface area contributed by atoms with Crippen LogP contribution in [-0.2, 0) is 0 Å². The normalized spacial score (nSPS) is 11.3. The van der Waals surface area contributed by atoms with Crippen molar-refractivity contribution < 1.29 is 4.42 Å². The molecule has 0 fully saturated rings. The van der Waals surface area contributed by atoms with Crippen LogP contribution in [0.1, 0.15) is 0 Å². The Kier molecular flexibility index (Phi) is 9.89. The van der Waals surface area contributed by atoms with Gasteiger partial charge in [-0.05, 0) is 115 Å². The lowest BCUT2D eigenvalue weighted by Gasteiger charge is -2.31. The highest BCUT2D eigenvalue weighted by molar-refractivity contribution is 6.10. The molecule has 0 saturated carbocycles. The Balaban J connectivity index is 1.17. The first-order valence-corrected chi connectivity index (χ1v) is 22.6. The van der Waals surface area contributed by atoms with Crippen LogP contribution in [0.25, 0.3) is 99.5 Å². The van der Waals surface area contributed by atoms with Crippen LogP contribution in [0.3, 0.4) is 0 Å². The predicted molar refractivity (Wildman–Crippen MR) is 279 cm³/mol. The molecule has 0 aliphatic carbocycles. The Bertz CT molecular complexity index is 3610. The molecule has 1 heterocycles. The van der Waals surface area contributed by atoms with Gasteiger partial charge in [0.1, 0.15) is 11.2 Å². The fourth-order valence-corrected chi connectivity index (χ4v) is 9.72. The molecule has 66 heavy (non-hydrogen) atoms. The highest BCUT2D eigenvalue weighted by Crippen LogP contribution is 2.50. The second-order valence-corrected chi connectivity index (χ2v) is 16.8. The van der Waals surface area contributed by atoms with Crippen molar-refractivity contribution >= 4 is 49.8 Å². The summed E-state index contributed by atoms with van der Waals surface area (Å²) in [7, 11) is 0. The maximum atomic E-state index is 6.62. The van der Waals surface area contributed by atoms with E-state index in [9.17, 15) is 0 Å². The number of para-hydroxylation sites is 1. The van der Waals surface area contributed by atoms with Crippen molar-refractivity contribution in [2.75, 3.05) is 4.90 Å². The molecular formula is C64H43NO. The smallest absolute Gasteiger partial charge is 0.136 e. The fraction of sp³-hybridized carbons (Fsp3) is 0. The molecule has 0 aliphatic rings. The number of hydrogen-bond donors (Lipinski definition) is 0. The van der Waals surface area contributed by atoms with Gasteiger partial charge in [-0.2, -0.15) is 0 Å². The van der Waals surface area contributed by atoms with Crippen LogP contribution in [0.5, 0.6) is 0 Å². The van der Waals surface area contributed by atoms with Gasteiger partial charge in [-0.15, -0.1) is 0 Å². The van der Waals surface area contributed by atoms with Gasteiger partial charge in [0.05, 0.1) is 11.4 Å². The minimum atomic E-state index is 0.857. The molecule has 0 aliphatic heterocycles. The molecule has 0 radical (unpaired) electrons. The van der Waals surface area contributed by atoms with Gasteiger partial charge in [0.2, 0.25) is 0 Å². The van der Waals surface area contributed by atoms with Gasteiger partial charge in [-0.1, -0.05) is 212 Å². The molecule has 11 aromatic carbocycles. The second-order valence-electron chi connectivity index (χ2n) is 16.8. The summed E-state index contributed by atoms with van der Waals surface area (Å²) in [5.74, 6) is 0. The summed E-state index contributed by atoms with van der Waals surface area (Å²) in [6.07, 6.45) is 0. The molecule has 0 spiro atoms. The van der Waals surface area contributed by atoms with E-state index in [-0.39, 0.29) is 0 Å². The third kappa shape index (κ3) is 7.12. The number of nitrogens with zero attached hydrogens (tertiary/aromatic N) is 1. The lowest BCUT2D eigenvalue weighted by Crippen LogP contribution is -2.13. The zero-order chi connectivity index (χ0) is 43.8. The molecule has 310 valence electrons. The minimum absolute atomic E-state index is 0.857. The van der Waals surface area contributed by atoms with Crippen molar-refractivity contribution in [3.63, 3.8) is 0 Å². The third-order valence-corrected chi connectivity index (χ3v) is 12.9. The fourth-order valence-electron chi connectivity index (χ4n) is 9.72. The number of hydrogen-bond acceptors (Lipinski definition) is 2. The van der Waals surface area contributed by atoms with Crippen LogP contribution < -0.4 is 4.90 Å². The van der Waals surface area contributed by atoms with Gasteiger partial charge in [-0.25, -0.2) is 0 Å². The molecule has 2 nitrogen and oxygen atoms in total. The largest absolute Gasteiger partial charge is 0.456 e. The number of anilines is 3. The Morgan fingerprint density at radius 3 is 1.38 bits per heavy atom. The molecular weight excluding hydrogens is 799 g/mol. The Hall–Kier alpha value is -8.72. The molecule has 2 heteroatoms. The van der Waals surface area contributed by atoms with Crippen molar-refractivity contribution in [3.8, 4) is 66.8 Å². The quantitative estimate of drug-likeness (QED) is 0.144. The van der Waals surface area contributed by atoms with Crippen LogP contribution in [0.2, 0.25) is 0 Å².